The summed E-state index contributed by atoms with van der Waals surface area (Å²) >= 11 is 1.75. The van der Waals surface area contributed by atoms with Crippen LogP contribution >= 0.6 is 11.3 Å². The van der Waals surface area contributed by atoms with E-state index in [1.54, 1.807) is 11.3 Å². The quantitative estimate of drug-likeness (QED) is 0.908. The molecule has 3 aliphatic rings. The fraction of sp³-hybridized carbons (Fsp3) is 0.643. The number of thiophene rings is 1. The second kappa shape index (κ2) is 3.81. The summed E-state index contributed by atoms with van der Waals surface area (Å²) < 4.78 is 0. The Morgan fingerprint density at radius 1 is 1.44 bits per heavy atom. The number of hydrogen-bond acceptors (Lipinski definition) is 3. The minimum absolute atomic E-state index is 0.139. The fourth-order valence-corrected chi connectivity index (χ4v) is 3.88. The summed E-state index contributed by atoms with van der Waals surface area (Å²) in [6.07, 6.45) is 6.13. The van der Waals surface area contributed by atoms with Gasteiger partial charge < -0.3 is 4.90 Å². The molecule has 1 unspecified atom stereocenters. The molecule has 1 saturated heterocycles. The van der Waals surface area contributed by atoms with Crippen LogP contribution in [0.3, 0.4) is 0 Å². The van der Waals surface area contributed by atoms with E-state index < -0.39 is 0 Å². The normalized spacial score (nSPS) is 29.9. The van der Waals surface area contributed by atoms with Gasteiger partial charge in [-0.2, -0.15) is 0 Å². The highest BCUT2D eigenvalue weighted by Crippen LogP contribution is 2.47. The molecule has 1 aromatic rings. The Kier molecular flexibility index (Phi) is 2.33. The van der Waals surface area contributed by atoms with Gasteiger partial charge in [-0.1, -0.05) is 12.5 Å². The van der Waals surface area contributed by atoms with E-state index in [9.17, 15) is 4.79 Å². The molecule has 4 rings (SSSR count). The van der Waals surface area contributed by atoms with E-state index in [2.05, 4.69) is 27.7 Å². The van der Waals surface area contributed by atoms with Crippen molar-refractivity contribution >= 4 is 17.2 Å². The Balaban J connectivity index is 1.60. The molecular weight excluding hydrogens is 244 g/mol. The molecule has 18 heavy (non-hydrogen) atoms. The van der Waals surface area contributed by atoms with Crippen molar-refractivity contribution in [3.8, 4) is 0 Å². The van der Waals surface area contributed by atoms with E-state index in [1.165, 1.54) is 24.1 Å². The molecule has 1 aliphatic heterocycles. The molecule has 0 radical (unpaired) electrons. The molecule has 4 heteroatoms. The highest BCUT2D eigenvalue weighted by Gasteiger charge is 2.59. The van der Waals surface area contributed by atoms with Crippen molar-refractivity contribution in [3.05, 3.63) is 22.4 Å². The smallest absolute Gasteiger partial charge is 0.244 e. The van der Waals surface area contributed by atoms with Crippen molar-refractivity contribution < 1.29 is 4.79 Å². The van der Waals surface area contributed by atoms with Crippen LogP contribution in [-0.4, -0.2) is 22.9 Å². The maximum Gasteiger partial charge on any atom is 0.244 e. The highest BCUT2D eigenvalue weighted by molar-refractivity contribution is 7.10. The summed E-state index contributed by atoms with van der Waals surface area (Å²) in [6, 6.07) is 4.22. The molecule has 1 aromatic heterocycles. The molecule has 1 spiro atoms. The van der Waals surface area contributed by atoms with Crippen LogP contribution in [0.15, 0.2) is 17.5 Å². The van der Waals surface area contributed by atoms with Crippen LogP contribution in [0.1, 0.15) is 43.1 Å². The molecule has 96 valence electrons. The number of nitrogens with zero attached hydrogens (tertiary/aromatic N) is 1. The van der Waals surface area contributed by atoms with Crippen LogP contribution in [-0.2, 0) is 4.79 Å². The summed E-state index contributed by atoms with van der Waals surface area (Å²) in [7, 11) is 0. The lowest BCUT2D eigenvalue weighted by Crippen LogP contribution is -2.37. The second-order valence-electron chi connectivity index (χ2n) is 5.90. The van der Waals surface area contributed by atoms with Crippen LogP contribution < -0.4 is 5.32 Å². The van der Waals surface area contributed by atoms with E-state index in [0.717, 1.165) is 25.3 Å². The molecule has 1 amide bonds. The number of amides is 1. The molecule has 2 saturated carbocycles. The molecule has 1 N–H and O–H groups in total. The zero-order valence-electron chi connectivity index (χ0n) is 10.4. The molecule has 0 aromatic carbocycles. The van der Waals surface area contributed by atoms with Crippen LogP contribution in [0.4, 0.5) is 0 Å². The number of rotatable bonds is 3. The van der Waals surface area contributed by atoms with Gasteiger partial charge in [0.15, 0.2) is 0 Å². The summed E-state index contributed by atoms with van der Waals surface area (Å²) in [5, 5.41) is 5.68. The predicted octanol–water partition coefficient (Wildman–Crippen LogP) is 2.51. The average Bonchev–Trinajstić information content (AvgIpc) is 2.80. The predicted molar refractivity (Wildman–Crippen MR) is 71.2 cm³/mol. The summed E-state index contributed by atoms with van der Waals surface area (Å²) in [4.78, 5) is 15.9. The third-order valence-corrected chi connectivity index (χ3v) is 5.56. The van der Waals surface area contributed by atoms with Gasteiger partial charge >= 0.3 is 0 Å². The summed E-state index contributed by atoms with van der Waals surface area (Å²) in [5.41, 5.74) is -0.182. The molecule has 3 nitrogen and oxygen atoms in total. The first kappa shape index (κ1) is 11.0. The zero-order chi connectivity index (χ0) is 12.2. The van der Waals surface area contributed by atoms with Gasteiger partial charge in [-0.15, -0.1) is 11.3 Å². The van der Waals surface area contributed by atoms with Crippen molar-refractivity contribution in [2.45, 2.75) is 43.8 Å². The first-order valence-electron chi connectivity index (χ1n) is 6.91. The van der Waals surface area contributed by atoms with E-state index in [-0.39, 0.29) is 11.7 Å². The average molecular weight is 262 g/mol. The van der Waals surface area contributed by atoms with E-state index in [4.69, 9.17) is 0 Å². The molecule has 3 fully saturated rings. The monoisotopic (exact) mass is 262 g/mol. The first-order chi connectivity index (χ1) is 8.78. The lowest BCUT2D eigenvalue weighted by molar-refractivity contribution is -0.131. The van der Waals surface area contributed by atoms with Crippen molar-refractivity contribution in [1.29, 1.82) is 0 Å². The minimum Gasteiger partial charge on any atom is -0.320 e. The molecule has 0 bridgehead atoms. The standard InChI is InChI=1S/C14H18N2OS/c17-13-14(6-7-14)15-12(11-5-2-8-18-11)16(13)9-10-3-1-4-10/h2,5,8,10,12,15H,1,3-4,6-7,9H2. The van der Waals surface area contributed by atoms with Crippen molar-refractivity contribution in [1.82, 2.24) is 10.2 Å². The number of hydrogen-bond donors (Lipinski definition) is 1. The van der Waals surface area contributed by atoms with Crippen LogP contribution in [0, 0.1) is 5.92 Å². The van der Waals surface area contributed by atoms with Crippen LogP contribution in [0.25, 0.3) is 0 Å². The lowest BCUT2D eigenvalue weighted by atomic mass is 9.85. The Morgan fingerprint density at radius 3 is 2.83 bits per heavy atom. The maximum absolute atomic E-state index is 12.5. The van der Waals surface area contributed by atoms with Gasteiger partial charge in [0.25, 0.3) is 0 Å². The number of nitrogens with one attached hydrogen (secondary N) is 1. The van der Waals surface area contributed by atoms with E-state index in [0.29, 0.717) is 5.91 Å². The van der Waals surface area contributed by atoms with Gasteiger partial charge in [-0.25, -0.2) is 0 Å². The number of carbonyl (C=O) groups is 1. The van der Waals surface area contributed by atoms with Crippen molar-refractivity contribution in [2.24, 2.45) is 5.92 Å². The third-order valence-electron chi connectivity index (χ3n) is 4.64. The Labute approximate surface area is 111 Å². The van der Waals surface area contributed by atoms with E-state index >= 15 is 0 Å². The molecule has 1 atom stereocenters. The summed E-state index contributed by atoms with van der Waals surface area (Å²) in [6.45, 7) is 0.955. The van der Waals surface area contributed by atoms with E-state index in [1.807, 2.05) is 0 Å². The SMILES string of the molecule is O=C1N(CC2CCC2)C(c2cccs2)NC12CC2. The van der Waals surface area contributed by atoms with Crippen LogP contribution in [0.2, 0.25) is 0 Å². The van der Waals surface area contributed by atoms with Crippen molar-refractivity contribution in [2.75, 3.05) is 6.54 Å². The maximum atomic E-state index is 12.5. The summed E-state index contributed by atoms with van der Waals surface area (Å²) in [5.74, 6) is 1.10. The largest absolute Gasteiger partial charge is 0.320 e. The Bertz CT molecular complexity index is 462. The van der Waals surface area contributed by atoms with Gasteiger partial charge in [-0.05, 0) is 43.0 Å². The van der Waals surface area contributed by atoms with Crippen LogP contribution in [0.5, 0.6) is 0 Å². The topological polar surface area (TPSA) is 32.3 Å². The third kappa shape index (κ3) is 1.55. The highest BCUT2D eigenvalue weighted by atomic mass is 32.1. The molecular formula is C14H18N2OS. The lowest BCUT2D eigenvalue weighted by Gasteiger charge is -2.32. The van der Waals surface area contributed by atoms with Gasteiger partial charge in [0.05, 0.1) is 0 Å². The minimum atomic E-state index is -0.182. The van der Waals surface area contributed by atoms with Gasteiger partial charge in [0.1, 0.15) is 11.7 Å². The molecule has 2 heterocycles. The number of carbonyl (C=O) groups excluding carboxylic acids is 1. The van der Waals surface area contributed by atoms with Crippen molar-refractivity contribution in [3.63, 3.8) is 0 Å². The molecule has 2 aliphatic carbocycles. The van der Waals surface area contributed by atoms with Gasteiger partial charge in [0.2, 0.25) is 5.91 Å². The Hall–Kier alpha value is -0.870. The first-order valence-corrected chi connectivity index (χ1v) is 7.79. The van der Waals surface area contributed by atoms with Gasteiger partial charge in [-0.3, -0.25) is 10.1 Å². The van der Waals surface area contributed by atoms with Gasteiger partial charge in [0, 0.05) is 11.4 Å². The zero-order valence-corrected chi connectivity index (χ0v) is 11.2. The fourth-order valence-electron chi connectivity index (χ4n) is 3.09. The second-order valence-corrected chi connectivity index (χ2v) is 6.88. The Morgan fingerprint density at radius 2 is 2.28 bits per heavy atom.